The molecule has 0 saturated carbocycles. The van der Waals surface area contributed by atoms with Crippen LogP contribution in [0.1, 0.15) is 22.8 Å². The van der Waals surface area contributed by atoms with Crippen LogP contribution in [0, 0.1) is 12.3 Å². The number of carbonyl (C=O) groups is 2. The highest BCUT2D eigenvalue weighted by Gasteiger charge is 2.12. The molecule has 0 bridgehead atoms. The third-order valence-electron chi connectivity index (χ3n) is 3.50. The second-order valence-corrected chi connectivity index (χ2v) is 5.27. The Morgan fingerprint density at radius 3 is 2.52 bits per heavy atom. The van der Waals surface area contributed by atoms with Crippen molar-refractivity contribution < 1.29 is 14.3 Å². The van der Waals surface area contributed by atoms with E-state index in [9.17, 15) is 9.59 Å². The van der Waals surface area contributed by atoms with Gasteiger partial charge in [-0.2, -0.15) is 0 Å². The molecule has 25 heavy (non-hydrogen) atoms. The van der Waals surface area contributed by atoms with Crippen molar-refractivity contribution >= 4 is 17.5 Å². The zero-order chi connectivity index (χ0) is 18.1. The topological polar surface area (TPSA) is 67.4 Å². The van der Waals surface area contributed by atoms with E-state index in [2.05, 4.69) is 23.5 Å². The Morgan fingerprint density at radius 2 is 1.84 bits per heavy atom. The molecule has 2 amide bonds. The van der Waals surface area contributed by atoms with Crippen molar-refractivity contribution in [2.75, 3.05) is 18.5 Å². The lowest BCUT2D eigenvalue weighted by atomic mass is 10.1. The second-order valence-electron chi connectivity index (χ2n) is 5.27. The van der Waals surface area contributed by atoms with Gasteiger partial charge < -0.3 is 15.4 Å². The Balaban J connectivity index is 1.96. The van der Waals surface area contributed by atoms with E-state index in [1.807, 2.05) is 24.3 Å². The summed E-state index contributed by atoms with van der Waals surface area (Å²) in [6.45, 7) is 2.05. The highest BCUT2D eigenvalue weighted by molar-refractivity contribution is 6.04. The molecule has 0 heterocycles. The van der Waals surface area contributed by atoms with Gasteiger partial charge in [0.2, 0.25) is 0 Å². The van der Waals surface area contributed by atoms with Gasteiger partial charge in [-0.1, -0.05) is 37.1 Å². The number of aryl methyl sites for hydroxylation is 1. The van der Waals surface area contributed by atoms with Crippen molar-refractivity contribution in [2.45, 2.75) is 13.3 Å². The average molecular weight is 336 g/mol. The SMILES string of the molecule is C#CCNC(=O)c1ccccc1NC(=O)COc1ccc(CC)cc1. The highest BCUT2D eigenvalue weighted by atomic mass is 16.5. The van der Waals surface area contributed by atoms with Gasteiger partial charge in [0.1, 0.15) is 5.75 Å². The second kappa shape index (κ2) is 9.14. The van der Waals surface area contributed by atoms with Gasteiger partial charge in [-0.15, -0.1) is 6.42 Å². The molecule has 0 aliphatic carbocycles. The fraction of sp³-hybridized carbons (Fsp3) is 0.200. The molecule has 0 atom stereocenters. The molecule has 0 radical (unpaired) electrons. The maximum atomic E-state index is 12.1. The summed E-state index contributed by atoms with van der Waals surface area (Å²) in [5.41, 5.74) is 1.95. The molecule has 0 saturated heterocycles. The van der Waals surface area contributed by atoms with E-state index >= 15 is 0 Å². The predicted octanol–water partition coefficient (Wildman–Crippen LogP) is 2.63. The van der Waals surface area contributed by atoms with Crippen LogP contribution in [-0.4, -0.2) is 25.0 Å². The molecule has 0 unspecified atom stereocenters. The Bertz CT molecular complexity index is 776. The third-order valence-corrected chi connectivity index (χ3v) is 3.50. The molecule has 2 aromatic carbocycles. The number of terminal acetylenes is 1. The Hall–Kier alpha value is -3.26. The Labute approximate surface area is 147 Å². The van der Waals surface area contributed by atoms with Crippen LogP contribution in [-0.2, 0) is 11.2 Å². The number of amides is 2. The van der Waals surface area contributed by atoms with Crippen molar-refractivity contribution in [3.63, 3.8) is 0 Å². The first-order valence-electron chi connectivity index (χ1n) is 7.96. The lowest BCUT2D eigenvalue weighted by molar-refractivity contribution is -0.118. The molecule has 0 aliphatic heterocycles. The Morgan fingerprint density at radius 1 is 1.12 bits per heavy atom. The third kappa shape index (κ3) is 5.40. The summed E-state index contributed by atoms with van der Waals surface area (Å²) in [5, 5.41) is 5.26. The summed E-state index contributed by atoms with van der Waals surface area (Å²) in [6.07, 6.45) is 6.08. The van der Waals surface area contributed by atoms with Crippen molar-refractivity contribution in [1.29, 1.82) is 0 Å². The number of hydrogen-bond acceptors (Lipinski definition) is 3. The average Bonchev–Trinajstić information content (AvgIpc) is 2.65. The zero-order valence-corrected chi connectivity index (χ0v) is 14.0. The summed E-state index contributed by atoms with van der Waals surface area (Å²) >= 11 is 0. The molecule has 0 aliphatic rings. The van der Waals surface area contributed by atoms with Gasteiger partial charge in [0, 0.05) is 0 Å². The lowest BCUT2D eigenvalue weighted by Crippen LogP contribution is -2.26. The van der Waals surface area contributed by atoms with Crippen molar-refractivity contribution in [3.05, 3.63) is 59.7 Å². The number of rotatable bonds is 7. The quantitative estimate of drug-likeness (QED) is 0.764. The first-order chi connectivity index (χ1) is 12.1. The normalized spacial score (nSPS) is 9.76. The molecule has 2 aromatic rings. The van der Waals surface area contributed by atoms with Crippen LogP contribution in [0.15, 0.2) is 48.5 Å². The van der Waals surface area contributed by atoms with Crippen LogP contribution < -0.4 is 15.4 Å². The number of benzene rings is 2. The number of ether oxygens (including phenoxy) is 1. The first-order valence-corrected chi connectivity index (χ1v) is 7.96. The smallest absolute Gasteiger partial charge is 0.262 e. The van der Waals surface area contributed by atoms with Crippen LogP contribution in [0.4, 0.5) is 5.69 Å². The minimum atomic E-state index is -0.350. The van der Waals surface area contributed by atoms with Crippen molar-refractivity contribution in [3.8, 4) is 18.1 Å². The fourth-order valence-corrected chi connectivity index (χ4v) is 2.17. The minimum absolute atomic E-state index is 0.123. The Kier molecular flexibility index (Phi) is 6.61. The maximum absolute atomic E-state index is 12.1. The maximum Gasteiger partial charge on any atom is 0.262 e. The summed E-state index contributed by atoms with van der Waals surface area (Å²) in [4.78, 5) is 24.2. The van der Waals surface area contributed by atoms with Crippen molar-refractivity contribution in [2.24, 2.45) is 0 Å². The number of carbonyl (C=O) groups excluding carboxylic acids is 2. The van der Waals surface area contributed by atoms with E-state index in [1.54, 1.807) is 24.3 Å². The van der Waals surface area contributed by atoms with E-state index in [-0.39, 0.29) is 25.0 Å². The number of para-hydroxylation sites is 1. The molecule has 5 heteroatoms. The largest absolute Gasteiger partial charge is 0.484 e. The van der Waals surface area contributed by atoms with Gasteiger partial charge in [0.15, 0.2) is 6.61 Å². The van der Waals surface area contributed by atoms with Crippen LogP contribution in [0.2, 0.25) is 0 Å². The lowest BCUT2D eigenvalue weighted by Gasteiger charge is -2.11. The molecular formula is C20H20N2O3. The molecule has 128 valence electrons. The van der Waals surface area contributed by atoms with Gasteiger partial charge in [-0.3, -0.25) is 9.59 Å². The van der Waals surface area contributed by atoms with Crippen LogP contribution in [0.5, 0.6) is 5.75 Å². The van der Waals surface area contributed by atoms with Crippen LogP contribution in [0.25, 0.3) is 0 Å². The first kappa shape index (κ1) is 18.1. The van der Waals surface area contributed by atoms with Gasteiger partial charge in [-0.05, 0) is 36.2 Å². The van der Waals surface area contributed by atoms with Gasteiger partial charge >= 0.3 is 0 Å². The van der Waals surface area contributed by atoms with E-state index in [0.29, 0.717) is 17.0 Å². The van der Waals surface area contributed by atoms with Gasteiger partial charge in [0.25, 0.3) is 11.8 Å². The monoisotopic (exact) mass is 336 g/mol. The minimum Gasteiger partial charge on any atom is -0.484 e. The van der Waals surface area contributed by atoms with E-state index in [4.69, 9.17) is 11.2 Å². The summed E-state index contributed by atoms with van der Waals surface area (Å²) in [5.74, 6) is 2.26. The number of hydrogen-bond donors (Lipinski definition) is 2. The molecule has 2 N–H and O–H groups in total. The molecule has 0 aromatic heterocycles. The predicted molar refractivity (Wildman–Crippen MR) is 97.6 cm³/mol. The van der Waals surface area contributed by atoms with Crippen molar-refractivity contribution in [1.82, 2.24) is 5.32 Å². The molecule has 5 nitrogen and oxygen atoms in total. The molecule has 0 fully saturated rings. The van der Waals surface area contributed by atoms with E-state index < -0.39 is 0 Å². The number of nitrogens with one attached hydrogen (secondary N) is 2. The van der Waals surface area contributed by atoms with Gasteiger partial charge in [0.05, 0.1) is 17.8 Å². The molecule has 0 spiro atoms. The number of anilines is 1. The van der Waals surface area contributed by atoms with Gasteiger partial charge in [-0.25, -0.2) is 0 Å². The molecule has 2 rings (SSSR count). The molecular weight excluding hydrogens is 316 g/mol. The summed E-state index contributed by atoms with van der Waals surface area (Å²) in [7, 11) is 0. The summed E-state index contributed by atoms with van der Waals surface area (Å²) in [6, 6.07) is 14.3. The van der Waals surface area contributed by atoms with Crippen LogP contribution >= 0.6 is 0 Å². The standard InChI is InChI=1S/C20H20N2O3/c1-3-13-21-20(24)17-7-5-6-8-18(17)22-19(23)14-25-16-11-9-15(4-2)10-12-16/h1,5-12H,4,13-14H2,2H3,(H,21,24)(H,22,23). The summed E-state index contributed by atoms with van der Waals surface area (Å²) < 4.78 is 5.47. The van der Waals surface area contributed by atoms with E-state index in [1.165, 1.54) is 5.56 Å². The van der Waals surface area contributed by atoms with Crippen LogP contribution in [0.3, 0.4) is 0 Å². The van der Waals surface area contributed by atoms with E-state index in [0.717, 1.165) is 6.42 Å². The fourth-order valence-electron chi connectivity index (χ4n) is 2.17. The zero-order valence-electron chi connectivity index (χ0n) is 14.0. The highest BCUT2D eigenvalue weighted by Crippen LogP contribution is 2.16.